The van der Waals surface area contributed by atoms with Gasteiger partial charge in [-0.05, 0) is 29.8 Å². The molecule has 0 aliphatic rings. The highest BCUT2D eigenvalue weighted by molar-refractivity contribution is 5.88. The zero-order valence-electron chi connectivity index (χ0n) is 15.1. The fourth-order valence-corrected chi connectivity index (χ4v) is 2.14. The minimum atomic E-state index is -0.358. The average Bonchev–Trinajstić information content (AvgIpc) is 2.67. The van der Waals surface area contributed by atoms with E-state index in [1.54, 1.807) is 18.2 Å². The summed E-state index contributed by atoms with van der Waals surface area (Å²) >= 11 is 0. The van der Waals surface area contributed by atoms with Crippen LogP contribution in [0.25, 0.3) is 0 Å². The van der Waals surface area contributed by atoms with Gasteiger partial charge in [0.25, 0.3) is 0 Å². The van der Waals surface area contributed by atoms with Crippen molar-refractivity contribution in [2.24, 2.45) is 0 Å². The summed E-state index contributed by atoms with van der Waals surface area (Å²) < 4.78 is 11.2. The lowest BCUT2D eigenvalue weighted by atomic mass is 10.1. The van der Waals surface area contributed by atoms with Crippen LogP contribution in [0.3, 0.4) is 0 Å². The molecular formula is C20H24N2O4. The van der Waals surface area contributed by atoms with Gasteiger partial charge in [-0.25, -0.2) is 9.86 Å². The number of amides is 2. The van der Waals surface area contributed by atoms with Gasteiger partial charge in [0.05, 0.1) is 13.7 Å². The Morgan fingerprint density at radius 1 is 1.15 bits per heavy atom. The minimum absolute atomic E-state index is 0.358. The topological polar surface area (TPSA) is 60.0 Å². The Morgan fingerprint density at radius 2 is 1.92 bits per heavy atom. The van der Waals surface area contributed by atoms with Crippen LogP contribution in [0.2, 0.25) is 0 Å². The molecule has 0 heterocycles. The number of nitrogens with one attached hydrogen (secondary N) is 1. The Morgan fingerprint density at radius 3 is 2.62 bits per heavy atom. The van der Waals surface area contributed by atoms with Gasteiger partial charge in [0.2, 0.25) is 0 Å². The van der Waals surface area contributed by atoms with Crippen LogP contribution in [0, 0.1) is 0 Å². The van der Waals surface area contributed by atoms with Crippen molar-refractivity contribution in [1.82, 2.24) is 5.06 Å². The van der Waals surface area contributed by atoms with Crippen LogP contribution in [-0.4, -0.2) is 38.5 Å². The molecule has 6 heteroatoms. The van der Waals surface area contributed by atoms with Gasteiger partial charge in [-0.15, -0.1) is 0 Å². The van der Waals surface area contributed by atoms with Crippen LogP contribution in [0.5, 0.6) is 11.5 Å². The number of hydrogen-bond donors (Lipinski definition) is 1. The highest BCUT2D eigenvalue weighted by Gasteiger charge is 2.08. The second-order valence-corrected chi connectivity index (χ2v) is 5.48. The van der Waals surface area contributed by atoms with E-state index in [-0.39, 0.29) is 6.03 Å². The molecule has 0 fully saturated rings. The monoisotopic (exact) mass is 356 g/mol. The summed E-state index contributed by atoms with van der Waals surface area (Å²) in [6.45, 7) is 4.65. The fourth-order valence-electron chi connectivity index (χ4n) is 2.14. The van der Waals surface area contributed by atoms with E-state index in [0.717, 1.165) is 22.8 Å². The number of nitrogens with zero attached hydrogens (tertiary/aromatic N) is 1. The van der Waals surface area contributed by atoms with Crippen LogP contribution in [0.4, 0.5) is 10.5 Å². The van der Waals surface area contributed by atoms with Crippen molar-refractivity contribution in [3.63, 3.8) is 0 Å². The van der Waals surface area contributed by atoms with E-state index in [1.807, 2.05) is 36.4 Å². The third-order valence-electron chi connectivity index (χ3n) is 3.60. The van der Waals surface area contributed by atoms with Crippen molar-refractivity contribution < 1.29 is 19.1 Å². The maximum Gasteiger partial charge on any atom is 0.345 e. The molecule has 26 heavy (non-hydrogen) atoms. The Bertz CT molecular complexity index is 716. The largest absolute Gasteiger partial charge is 0.493 e. The number of ether oxygens (including phenoxy) is 2. The smallest absolute Gasteiger partial charge is 0.345 e. The highest BCUT2D eigenvalue weighted by atomic mass is 16.7. The van der Waals surface area contributed by atoms with E-state index >= 15 is 0 Å². The van der Waals surface area contributed by atoms with E-state index in [1.165, 1.54) is 14.2 Å². The Hall–Kier alpha value is -2.99. The number of anilines is 1. The van der Waals surface area contributed by atoms with E-state index in [2.05, 4.69) is 11.9 Å². The molecule has 0 unspecified atom stereocenters. The van der Waals surface area contributed by atoms with Gasteiger partial charge in [0, 0.05) is 25.2 Å². The van der Waals surface area contributed by atoms with Crippen LogP contribution < -0.4 is 14.8 Å². The zero-order valence-corrected chi connectivity index (χ0v) is 15.1. The van der Waals surface area contributed by atoms with Crippen molar-refractivity contribution in [3.05, 3.63) is 66.7 Å². The highest BCUT2D eigenvalue weighted by Crippen LogP contribution is 2.18. The van der Waals surface area contributed by atoms with Gasteiger partial charge in [-0.3, -0.25) is 4.84 Å². The third-order valence-corrected chi connectivity index (χ3v) is 3.60. The maximum atomic E-state index is 11.8. The number of hydroxylamine groups is 2. The molecule has 0 aromatic heterocycles. The molecule has 1 N–H and O–H groups in total. The van der Waals surface area contributed by atoms with Crippen molar-refractivity contribution in [2.75, 3.05) is 32.7 Å². The lowest BCUT2D eigenvalue weighted by molar-refractivity contribution is -0.0598. The first-order chi connectivity index (χ1) is 12.6. The first-order valence-electron chi connectivity index (χ1n) is 8.26. The summed E-state index contributed by atoms with van der Waals surface area (Å²) in [4.78, 5) is 16.6. The van der Waals surface area contributed by atoms with Gasteiger partial charge in [-0.2, -0.15) is 0 Å². The molecule has 2 amide bonds. The Labute approximate surface area is 153 Å². The second kappa shape index (κ2) is 10.1. The molecule has 0 atom stereocenters. The van der Waals surface area contributed by atoms with Crippen molar-refractivity contribution in [1.29, 1.82) is 0 Å². The number of benzene rings is 2. The predicted molar refractivity (Wildman–Crippen MR) is 102 cm³/mol. The van der Waals surface area contributed by atoms with Gasteiger partial charge < -0.3 is 14.8 Å². The van der Waals surface area contributed by atoms with Gasteiger partial charge >= 0.3 is 6.03 Å². The van der Waals surface area contributed by atoms with E-state index in [4.69, 9.17) is 14.3 Å². The minimum Gasteiger partial charge on any atom is -0.493 e. The summed E-state index contributed by atoms with van der Waals surface area (Å²) in [5.74, 6) is 1.51. The number of rotatable bonds is 9. The first-order valence-corrected chi connectivity index (χ1v) is 8.26. The molecule has 0 spiro atoms. The zero-order chi connectivity index (χ0) is 18.8. The number of hydrogen-bond acceptors (Lipinski definition) is 4. The third kappa shape index (κ3) is 6.14. The summed E-state index contributed by atoms with van der Waals surface area (Å²) in [6, 6.07) is 14.8. The molecule has 0 aliphatic carbocycles. The number of carbonyl (C=O) groups is 1. The molecule has 0 saturated heterocycles. The van der Waals surface area contributed by atoms with E-state index in [9.17, 15) is 4.79 Å². The molecule has 0 bridgehead atoms. The summed E-state index contributed by atoms with van der Waals surface area (Å²) in [5, 5.41) is 3.83. The molecule has 138 valence electrons. The van der Waals surface area contributed by atoms with Crippen molar-refractivity contribution >= 4 is 11.7 Å². The van der Waals surface area contributed by atoms with E-state index < -0.39 is 0 Å². The Kier molecular flexibility index (Phi) is 7.51. The van der Waals surface area contributed by atoms with Crippen molar-refractivity contribution in [2.45, 2.75) is 6.42 Å². The quantitative estimate of drug-likeness (QED) is 0.547. The number of urea groups is 1. The van der Waals surface area contributed by atoms with Crippen LogP contribution in [0.15, 0.2) is 61.2 Å². The standard InChI is InChI=1S/C20H24N2O4/c1-4-13-25-18-10-8-16(9-11-18)12-14-26-19-7-5-6-17(15-19)21-20(23)22(2)24-3/h4-11,15H,1,12-14H2,2-3H3,(H,21,23). The SMILES string of the molecule is C=CCOc1ccc(CCOc2cccc(NC(=O)N(C)OC)c2)cc1. The van der Waals surface area contributed by atoms with Gasteiger partial charge in [0.15, 0.2) is 0 Å². The maximum absolute atomic E-state index is 11.8. The van der Waals surface area contributed by atoms with E-state index in [0.29, 0.717) is 24.7 Å². The summed E-state index contributed by atoms with van der Waals surface area (Å²) in [5.41, 5.74) is 1.79. The lowest BCUT2D eigenvalue weighted by Crippen LogP contribution is -2.30. The molecule has 6 nitrogen and oxygen atoms in total. The van der Waals surface area contributed by atoms with Crippen molar-refractivity contribution in [3.8, 4) is 11.5 Å². The van der Waals surface area contributed by atoms with Gasteiger partial charge in [-0.1, -0.05) is 30.9 Å². The van der Waals surface area contributed by atoms with Crippen LogP contribution in [-0.2, 0) is 11.3 Å². The molecular weight excluding hydrogens is 332 g/mol. The number of carbonyl (C=O) groups excluding carboxylic acids is 1. The molecule has 0 aliphatic heterocycles. The van der Waals surface area contributed by atoms with Crippen LogP contribution >= 0.6 is 0 Å². The molecule has 2 aromatic carbocycles. The fraction of sp³-hybridized carbons (Fsp3) is 0.250. The molecule has 0 saturated carbocycles. The first kappa shape index (κ1) is 19.3. The summed E-state index contributed by atoms with van der Waals surface area (Å²) in [7, 11) is 2.96. The van der Waals surface area contributed by atoms with Gasteiger partial charge in [0.1, 0.15) is 18.1 Å². The predicted octanol–water partition coefficient (Wildman–Crippen LogP) is 3.90. The van der Waals surface area contributed by atoms with Crippen LogP contribution in [0.1, 0.15) is 5.56 Å². The Balaban J connectivity index is 1.83. The lowest BCUT2D eigenvalue weighted by Gasteiger charge is -2.15. The average molecular weight is 356 g/mol. The molecule has 2 rings (SSSR count). The molecule has 2 aromatic rings. The normalized spacial score (nSPS) is 10.1. The molecule has 0 radical (unpaired) electrons. The summed E-state index contributed by atoms with van der Waals surface area (Å²) in [6.07, 6.45) is 2.48. The second-order valence-electron chi connectivity index (χ2n) is 5.48.